The first kappa shape index (κ1) is 19.1. The summed E-state index contributed by atoms with van der Waals surface area (Å²) in [7, 11) is 0. The number of aliphatic hydroxyl groups excluding tert-OH is 1. The fourth-order valence-electron chi connectivity index (χ4n) is 3.70. The molecule has 1 aliphatic heterocycles. The van der Waals surface area contributed by atoms with Gasteiger partial charge in [0.15, 0.2) is 0 Å². The molecular formula is C21H22BrFN4O. The predicted octanol–water partition coefficient (Wildman–Crippen LogP) is 4.67. The summed E-state index contributed by atoms with van der Waals surface area (Å²) in [6.07, 6.45) is 4.69. The molecule has 0 radical (unpaired) electrons. The minimum absolute atomic E-state index is 0.131. The zero-order chi connectivity index (χ0) is 19.7. The average molecular weight is 445 g/mol. The van der Waals surface area contributed by atoms with Gasteiger partial charge in [-0.2, -0.15) is 0 Å². The quantitative estimate of drug-likeness (QED) is 0.612. The average Bonchev–Trinajstić information content (AvgIpc) is 2.68. The molecule has 0 aliphatic carbocycles. The van der Waals surface area contributed by atoms with E-state index < -0.39 is 0 Å². The van der Waals surface area contributed by atoms with E-state index >= 15 is 0 Å². The summed E-state index contributed by atoms with van der Waals surface area (Å²) in [5.41, 5.74) is 4.31. The summed E-state index contributed by atoms with van der Waals surface area (Å²) < 4.78 is 14.9. The molecule has 1 fully saturated rings. The molecule has 0 bridgehead atoms. The van der Waals surface area contributed by atoms with Crippen LogP contribution in [-0.4, -0.2) is 34.3 Å². The molecule has 1 unspecified atom stereocenters. The normalized spacial score (nSPS) is 16.4. The molecule has 2 N–H and O–H groups in total. The number of fused-ring (bicyclic) bond motifs is 1. The number of benzene rings is 1. The van der Waals surface area contributed by atoms with Gasteiger partial charge >= 0.3 is 0 Å². The van der Waals surface area contributed by atoms with Crippen molar-refractivity contribution < 1.29 is 9.50 Å². The number of pyridine rings is 2. The Labute approximate surface area is 171 Å². The van der Waals surface area contributed by atoms with Crippen LogP contribution >= 0.6 is 15.9 Å². The lowest BCUT2D eigenvalue weighted by Crippen LogP contribution is -2.36. The molecule has 5 nitrogen and oxygen atoms in total. The lowest BCUT2D eigenvalue weighted by atomic mass is 10.0. The summed E-state index contributed by atoms with van der Waals surface area (Å²) in [6.45, 7) is 3.54. The van der Waals surface area contributed by atoms with E-state index in [2.05, 4.69) is 36.1 Å². The molecule has 4 rings (SSSR count). The van der Waals surface area contributed by atoms with E-state index in [1.807, 2.05) is 25.1 Å². The third-order valence-corrected chi connectivity index (χ3v) is 5.61. The molecule has 3 heterocycles. The molecule has 0 spiro atoms. The van der Waals surface area contributed by atoms with Crippen molar-refractivity contribution in [2.24, 2.45) is 0 Å². The topological polar surface area (TPSA) is 61.3 Å². The fraction of sp³-hybridized carbons (Fsp3) is 0.333. The van der Waals surface area contributed by atoms with Gasteiger partial charge in [0.05, 0.1) is 23.3 Å². The number of aromatic nitrogens is 2. The maximum Gasteiger partial charge on any atom is 0.123 e. The Hall–Kier alpha value is -2.25. The number of rotatable bonds is 4. The first-order chi connectivity index (χ1) is 13.5. The van der Waals surface area contributed by atoms with E-state index in [-0.39, 0.29) is 18.0 Å². The van der Waals surface area contributed by atoms with Gasteiger partial charge in [0.25, 0.3) is 0 Å². The number of anilines is 2. The fourth-order valence-corrected chi connectivity index (χ4v) is 4.02. The van der Waals surface area contributed by atoms with E-state index in [9.17, 15) is 9.50 Å². The van der Waals surface area contributed by atoms with Crippen LogP contribution in [0.5, 0.6) is 0 Å². The SMILES string of the molecule is CC(Nc1ccnc2cc(Br)cnc12)c1cc(F)ccc1N1CCC(O)CC1. The molecule has 0 amide bonds. The van der Waals surface area contributed by atoms with Crippen LogP contribution in [0.25, 0.3) is 11.0 Å². The van der Waals surface area contributed by atoms with Crippen LogP contribution in [0, 0.1) is 5.82 Å². The molecule has 0 saturated carbocycles. The maximum absolute atomic E-state index is 14.1. The Balaban J connectivity index is 1.65. The van der Waals surface area contributed by atoms with Crippen LogP contribution in [0.15, 0.2) is 47.2 Å². The molecule has 2 aromatic heterocycles. The summed E-state index contributed by atoms with van der Waals surface area (Å²) in [4.78, 5) is 11.1. The maximum atomic E-state index is 14.1. The third kappa shape index (κ3) is 3.95. The monoisotopic (exact) mass is 444 g/mol. The second kappa shape index (κ2) is 8.01. The van der Waals surface area contributed by atoms with Gasteiger partial charge in [0.1, 0.15) is 11.3 Å². The van der Waals surface area contributed by atoms with E-state index in [1.165, 1.54) is 6.07 Å². The zero-order valence-electron chi connectivity index (χ0n) is 15.6. The first-order valence-corrected chi connectivity index (χ1v) is 10.2. The number of halogens is 2. The molecule has 1 saturated heterocycles. The molecule has 1 aromatic carbocycles. The van der Waals surface area contributed by atoms with Crippen LogP contribution in [0.3, 0.4) is 0 Å². The Kier molecular flexibility index (Phi) is 5.46. The number of hydrogen-bond donors (Lipinski definition) is 2. The van der Waals surface area contributed by atoms with Gasteiger partial charge < -0.3 is 15.3 Å². The van der Waals surface area contributed by atoms with Crippen LogP contribution in [-0.2, 0) is 0 Å². The van der Waals surface area contributed by atoms with Gasteiger partial charge in [-0.1, -0.05) is 0 Å². The smallest absolute Gasteiger partial charge is 0.123 e. The number of nitrogens with zero attached hydrogens (tertiary/aromatic N) is 3. The van der Waals surface area contributed by atoms with Crippen LogP contribution in [0.2, 0.25) is 0 Å². The van der Waals surface area contributed by atoms with Crippen molar-refractivity contribution in [1.29, 1.82) is 0 Å². The highest BCUT2D eigenvalue weighted by Gasteiger charge is 2.22. The van der Waals surface area contributed by atoms with Crippen molar-refractivity contribution in [2.75, 3.05) is 23.3 Å². The standard InChI is InChI=1S/C21H22BrFN4O/c1-13(26-18-4-7-24-19-10-14(22)12-25-21(18)19)17-11-15(23)2-3-20(17)27-8-5-16(28)6-9-27/h2-4,7,10-13,16,28H,5-6,8-9H2,1H3,(H,24,26). The molecule has 146 valence electrons. The number of piperidine rings is 1. The van der Waals surface area contributed by atoms with Crippen molar-refractivity contribution in [1.82, 2.24) is 9.97 Å². The van der Waals surface area contributed by atoms with E-state index in [0.29, 0.717) is 0 Å². The lowest BCUT2D eigenvalue weighted by Gasteiger charge is -2.34. The van der Waals surface area contributed by atoms with Crippen LogP contribution in [0.1, 0.15) is 31.4 Å². The Morgan fingerprint density at radius 1 is 1.21 bits per heavy atom. The largest absolute Gasteiger partial charge is 0.393 e. The van der Waals surface area contributed by atoms with Gasteiger partial charge in [-0.05, 0) is 66.0 Å². The zero-order valence-corrected chi connectivity index (χ0v) is 17.2. The Morgan fingerprint density at radius 3 is 2.79 bits per heavy atom. The van der Waals surface area contributed by atoms with Crippen molar-refractivity contribution in [3.8, 4) is 0 Å². The highest BCUT2D eigenvalue weighted by molar-refractivity contribution is 9.10. The minimum Gasteiger partial charge on any atom is -0.393 e. The first-order valence-electron chi connectivity index (χ1n) is 9.40. The van der Waals surface area contributed by atoms with Gasteiger partial charge in [-0.15, -0.1) is 0 Å². The molecule has 1 atom stereocenters. The minimum atomic E-state index is -0.258. The summed E-state index contributed by atoms with van der Waals surface area (Å²) in [5.74, 6) is -0.258. The number of aliphatic hydroxyl groups is 1. The van der Waals surface area contributed by atoms with Crippen molar-refractivity contribution in [3.05, 3.63) is 58.6 Å². The lowest BCUT2D eigenvalue weighted by molar-refractivity contribution is 0.145. The Bertz CT molecular complexity index is 991. The third-order valence-electron chi connectivity index (χ3n) is 5.18. The second-order valence-electron chi connectivity index (χ2n) is 7.17. The van der Waals surface area contributed by atoms with Crippen molar-refractivity contribution in [3.63, 3.8) is 0 Å². The van der Waals surface area contributed by atoms with Crippen molar-refractivity contribution in [2.45, 2.75) is 31.9 Å². The van der Waals surface area contributed by atoms with Crippen molar-refractivity contribution >= 4 is 38.3 Å². The summed E-state index contributed by atoms with van der Waals surface area (Å²) in [6, 6.07) is 8.60. The molecule has 1 aliphatic rings. The van der Waals surface area contributed by atoms with E-state index in [1.54, 1.807) is 18.5 Å². The molecular weight excluding hydrogens is 423 g/mol. The Morgan fingerprint density at radius 2 is 2.00 bits per heavy atom. The van der Waals surface area contributed by atoms with Gasteiger partial charge in [0.2, 0.25) is 0 Å². The van der Waals surface area contributed by atoms with Crippen LogP contribution in [0.4, 0.5) is 15.8 Å². The van der Waals surface area contributed by atoms with Crippen LogP contribution < -0.4 is 10.2 Å². The summed E-state index contributed by atoms with van der Waals surface area (Å²) >= 11 is 3.42. The second-order valence-corrected chi connectivity index (χ2v) is 8.08. The predicted molar refractivity (Wildman–Crippen MR) is 113 cm³/mol. The van der Waals surface area contributed by atoms with E-state index in [0.717, 1.165) is 58.4 Å². The summed E-state index contributed by atoms with van der Waals surface area (Å²) in [5, 5.41) is 13.3. The van der Waals surface area contributed by atoms with Gasteiger partial charge in [-0.25, -0.2) is 4.39 Å². The molecule has 7 heteroatoms. The highest BCUT2D eigenvalue weighted by atomic mass is 79.9. The number of hydrogen-bond acceptors (Lipinski definition) is 5. The highest BCUT2D eigenvalue weighted by Crippen LogP contribution is 2.33. The van der Waals surface area contributed by atoms with Gasteiger partial charge in [-0.3, -0.25) is 9.97 Å². The van der Waals surface area contributed by atoms with E-state index in [4.69, 9.17) is 0 Å². The number of nitrogens with one attached hydrogen (secondary N) is 1. The van der Waals surface area contributed by atoms with Gasteiger partial charge in [0, 0.05) is 41.2 Å². The molecule has 28 heavy (non-hydrogen) atoms. The molecule has 3 aromatic rings.